The number of hydrogen-bond donors (Lipinski definition) is 0. The molecule has 0 amide bonds. The van der Waals surface area contributed by atoms with E-state index in [2.05, 4.69) is 157 Å². The van der Waals surface area contributed by atoms with Crippen LogP contribution in [0.3, 0.4) is 0 Å². The van der Waals surface area contributed by atoms with Gasteiger partial charge in [0.25, 0.3) is 0 Å². The summed E-state index contributed by atoms with van der Waals surface area (Å²) in [6, 6.07) is 58.1. The molecule has 198 valence electrons. The summed E-state index contributed by atoms with van der Waals surface area (Å²) >= 11 is 0. The van der Waals surface area contributed by atoms with Crippen LogP contribution >= 0.6 is 0 Å². The third kappa shape index (κ3) is 4.22. The highest BCUT2D eigenvalue weighted by Crippen LogP contribution is 2.41. The Morgan fingerprint density at radius 2 is 0.976 bits per heavy atom. The summed E-state index contributed by atoms with van der Waals surface area (Å²) in [5.74, 6) is 0. The van der Waals surface area contributed by atoms with Crippen molar-refractivity contribution in [2.75, 3.05) is 4.90 Å². The maximum atomic E-state index is 6.16. The van der Waals surface area contributed by atoms with E-state index in [0.717, 1.165) is 39.0 Å². The van der Waals surface area contributed by atoms with Crippen LogP contribution in [0.4, 0.5) is 17.1 Å². The number of rotatable bonds is 5. The molecular weight excluding hydrogens is 510 g/mol. The average molecular weight is 538 g/mol. The molecule has 0 saturated carbocycles. The van der Waals surface area contributed by atoms with Gasteiger partial charge in [0.15, 0.2) is 0 Å². The van der Waals surface area contributed by atoms with Gasteiger partial charge in [-0.2, -0.15) is 0 Å². The van der Waals surface area contributed by atoms with Gasteiger partial charge in [-0.1, -0.05) is 115 Å². The predicted molar refractivity (Wildman–Crippen MR) is 177 cm³/mol. The zero-order chi connectivity index (χ0) is 27.9. The number of hydrogen-bond acceptors (Lipinski definition) is 2. The van der Waals surface area contributed by atoms with E-state index in [-0.39, 0.29) is 0 Å². The zero-order valence-electron chi connectivity index (χ0n) is 22.9. The predicted octanol–water partition coefficient (Wildman–Crippen LogP) is 11.5. The molecule has 0 fully saturated rings. The van der Waals surface area contributed by atoms with Gasteiger partial charge in [0.2, 0.25) is 0 Å². The number of fused-ring (bicyclic) bond motifs is 4. The highest BCUT2D eigenvalue weighted by Gasteiger charge is 2.17. The zero-order valence-corrected chi connectivity index (χ0v) is 22.9. The Kier molecular flexibility index (Phi) is 5.82. The maximum absolute atomic E-state index is 6.16. The number of nitrogens with zero attached hydrogens (tertiary/aromatic N) is 1. The topological polar surface area (TPSA) is 16.4 Å². The molecule has 7 aromatic carbocycles. The minimum atomic E-state index is 0.892. The van der Waals surface area contributed by atoms with Gasteiger partial charge in [0, 0.05) is 27.8 Å². The number of para-hydroxylation sites is 1. The summed E-state index contributed by atoms with van der Waals surface area (Å²) in [6.45, 7) is 0. The van der Waals surface area contributed by atoms with Crippen molar-refractivity contribution >= 4 is 49.8 Å². The van der Waals surface area contributed by atoms with E-state index in [1.807, 2.05) is 12.1 Å². The molecule has 1 aromatic heterocycles. The molecular formula is C40H27NO. The molecule has 0 radical (unpaired) electrons. The van der Waals surface area contributed by atoms with Crippen LogP contribution in [0.25, 0.3) is 55.0 Å². The summed E-state index contributed by atoms with van der Waals surface area (Å²) in [5, 5.41) is 4.73. The standard InChI is InChI=1S/C40H27NO/c1-2-10-28(11-3-1)29-20-22-32(23-21-29)41(34-24-25-40-38(27-34)37-17-6-7-19-39(37)42-40)33-15-8-14-31(26-33)36-18-9-13-30-12-4-5-16-35(30)36/h1-27H. The molecule has 0 saturated heterocycles. The van der Waals surface area contributed by atoms with Crippen molar-refractivity contribution in [2.45, 2.75) is 0 Å². The number of furan rings is 1. The first-order valence-electron chi connectivity index (χ1n) is 14.3. The second-order valence-corrected chi connectivity index (χ2v) is 10.6. The van der Waals surface area contributed by atoms with Crippen molar-refractivity contribution < 1.29 is 4.42 Å². The number of benzene rings is 7. The molecule has 0 spiro atoms. The molecule has 0 unspecified atom stereocenters. The molecule has 42 heavy (non-hydrogen) atoms. The van der Waals surface area contributed by atoms with Crippen LogP contribution in [0.1, 0.15) is 0 Å². The molecule has 2 heteroatoms. The molecule has 0 aliphatic rings. The van der Waals surface area contributed by atoms with Gasteiger partial charge in [-0.05, 0) is 81.6 Å². The molecule has 8 rings (SSSR count). The summed E-state index contributed by atoms with van der Waals surface area (Å²) < 4.78 is 6.16. The van der Waals surface area contributed by atoms with Gasteiger partial charge in [0.05, 0.1) is 0 Å². The Morgan fingerprint density at radius 1 is 0.357 bits per heavy atom. The Balaban J connectivity index is 1.30. The molecule has 2 nitrogen and oxygen atoms in total. The van der Waals surface area contributed by atoms with Crippen LogP contribution in [0.5, 0.6) is 0 Å². The summed E-state index contributed by atoms with van der Waals surface area (Å²) in [5.41, 5.74) is 9.88. The monoisotopic (exact) mass is 537 g/mol. The van der Waals surface area contributed by atoms with Crippen molar-refractivity contribution in [2.24, 2.45) is 0 Å². The summed E-state index contributed by atoms with van der Waals surface area (Å²) in [4.78, 5) is 2.34. The van der Waals surface area contributed by atoms with Crippen molar-refractivity contribution in [1.82, 2.24) is 0 Å². The first-order chi connectivity index (χ1) is 20.8. The molecule has 0 N–H and O–H groups in total. The van der Waals surface area contributed by atoms with E-state index >= 15 is 0 Å². The molecule has 8 aromatic rings. The SMILES string of the molecule is c1ccc(-c2ccc(N(c3cccc(-c4cccc5ccccc45)c3)c3ccc4oc5ccccc5c4c3)cc2)cc1. The van der Waals surface area contributed by atoms with Crippen LogP contribution in [0, 0.1) is 0 Å². The largest absolute Gasteiger partial charge is 0.456 e. The maximum Gasteiger partial charge on any atom is 0.135 e. The Hall–Kier alpha value is -5.60. The fraction of sp³-hybridized carbons (Fsp3) is 0. The quantitative estimate of drug-likeness (QED) is 0.217. The van der Waals surface area contributed by atoms with Crippen molar-refractivity contribution in [3.63, 3.8) is 0 Å². The van der Waals surface area contributed by atoms with Crippen LogP contribution in [0.15, 0.2) is 168 Å². The van der Waals surface area contributed by atoms with Crippen molar-refractivity contribution in [1.29, 1.82) is 0 Å². The van der Waals surface area contributed by atoms with Gasteiger partial charge in [-0.3, -0.25) is 0 Å². The molecule has 0 atom stereocenters. The third-order valence-electron chi connectivity index (χ3n) is 8.06. The lowest BCUT2D eigenvalue weighted by Gasteiger charge is -2.26. The lowest BCUT2D eigenvalue weighted by Crippen LogP contribution is -2.10. The minimum absolute atomic E-state index is 0.892. The van der Waals surface area contributed by atoms with Crippen LogP contribution in [-0.2, 0) is 0 Å². The fourth-order valence-electron chi connectivity index (χ4n) is 6.02. The van der Waals surface area contributed by atoms with Crippen LogP contribution < -0.4 is 4.90 Å². The lowest BCUT2D eigenvalue weighted by atomic mass is 9.97. The van der Waals surface area contributed by atoms with Crippen molar-refractivity contribution in [3.8, 4) is 22.3 Å². The smallest absolute Gasteiger partial charge is 0.135 e. The highest BCUT2D eigenvalue weighted by atomic mass is 16.3. The first-order valence-corrected chi connectivity index (χ1v) is 14.3. The van der Waals surface area contributed by atoms with E-state index in [0.29, 0.717) is 0 Å². The number of anilines is 3. The van der Waals surface area contributed by atoms with E-state index in [9.17, 15) is 0 Å². The van der Waals surface area contributed by atoms with E-state index < -0.39 is 0 Å². The summed E-state index contributed by atoms with van der Waals surface area (Å²) in [7, 11) is 0. The van der Waals surface area contributed by atoms with Gasteiger partial charge in [0.1, 0.15) is 11.2 Å². The van der Waals surface area contributed by atoms with Crippen molar-refractivity contribution in [3.05, 3.63) is 164 Å². The van der Waals surface area contributed by atoms with Gasteiger partial charge in [-0.25, -0.2) is 0 Å². The highest BCUT2D eigenvalue weighted by molar-refractivity contribution is 6.06. The third-order valence-corrected chi connectivity index (χ3v) is 8.06. The molecule has 0 aliphatic carbocycles. The lowest BCUT2D eigenvalue weighted by molar-refractivity contribution is 0.669. The Morgan fingerprint density at radius 3 is 1.86 bits per heavy atom. The van der Waals surface area contributed by atoms with Gasteiger partial charge >= 0.3 is 0 Å². The van der Waals surface area contributed by atoms with E-state index in [4.69, 9.17) is 4.42 Å². The fourth-order valence-corrected chi connectivity index (χ4v) is 6.02. The first kappa shape index (κ1) is 24.2. The van der Waals surface area contributed by atoms with Gasteiger partial charge < -0.3 is 9.32 Å². The Bertz CT molecular complexity index is 2190. The van der Waals surface area contributed by atoms with E-state index in [1.165, 1.54) is 33.0 Å². The van der Waals surface area contributed by atoms with E-state index in [1.54, 1.807) is 0 Å². The minimum Gasteiger partial charge on any atom is -0.456 e. The van der Waals surface area contributed by atoms with Gasteiger partial charge in [-0.15, -0.1) is 0 Å². The second-order valence-electron chi connectivity index (χ2n) is 10.6. The molecule has 0 aliphatic heterocycles. The van der Waals surface area contributed by atoms with Crippen LogP contribution in [-0.4, -0.2) is 0 Å². The summed E-state index contributed by atoms with van der Waals surface area (Å²) in [6.07, 6.45) is 0. The normalized spacial score (nSPS) is 11.3. The second kappa shape index (κ2) is 10.1. The molecule has 1 heterocycles. The Labute approximate surface area is 244 Å². The molecule has 0 bridgehead atoms. The average Bonchev–Trinajstić information content (AvgIpc) is 3.44. The van der Waals surface area contributed by atoms with Crippen LogP contribution in [0.2, 0.25) is 0 Å².